The van der Waals surface area contributed by atoms with Crippen molar-refractivity contribution in [2.75, 3.05) is 12.3 Å². The van der Waals surface area contributed by atoms with Gasteiger partial charge in [-0.15, -0.1) is 23.1 Å². The molecule has 3 nitrogen and oxygen atoms in total. The van der Waals surface area contributed by atoms with Crippen molar-refractivity contribution in [2.45, 2.75) is 38.0 Å². The molecule has 5 heteroatoms. The maximum Gasteiger partial charge on any atom is 0.230 e. The molecule has 0 spiro atoms. The van der Waals surface area contributed by atoms with Crippen LogP contribution in [0.4, 0.5) is 0 Å². The van der Waals surface area contributed by atoms with Gasteiger partial charge in [-0.1, -0.05) is 19.9 Å². The van der Waals surface area contributed by atoms with E-state index in [-0.39, 0.29) is 5.91 Å². The van der Waals surface area contributed by atoms with Crippen LogP contribution in [-0.4, -0.2) is 28.9 Å². The van der Waals surface area contributed by atoms with E-state index in [1.54, 1.807) is 23.1 Å². The van der Waals surface area contributed by atoms with Gasteiger partial charge in [0.2, 0.25) is 5.91 Å². The number of hydrogen-bond acceptors (Lipinski definition) is 4. The van der Waals surface area contributed by atoms with Crippen LogP contribution in [0.1, 0.15) is 31.6 Å². The molecule has 0 fully saturated rings. The van der Waals surface area contributed by atoms with Gasteiger partial charge in [-0.2, -0.15) is 0 Å². The van der Waals surface area contributed by atoms with Gasteiger partial charge in [-0.3, -0.25) is 4.79 Å². The first-order valence-electron chi connectivity index (χ1n) is 6.19. The predicted molar refractivity (Wildman–Crippen MR) is 79.0 cm³/mol. The maximum atomic E-state index is 11.6. The van der Waals surface area contributed by atoms with E-state index in [2.05, 4.69) is 11.4 Å². The summed E-state index contributed by atoms with van der Waals surface area (Å²) in [6, 6.07) is 4.09. The maximum absolute atomic E-state index is 11.6. The van der Waals surface area contributed by atoms with Crippen molar-refractivity contribution >= 4 is 29.0 Å². The van der Waals surface area contributed by atoms with E-state index >= 15 is 0 Å². The van der Waals surface area contributed by atoms with E-state index in [0.29, 0.717) is 25.1 Å². The fourth-order valence-electron chi connectivity index (χ4n) is 1.45. The topological polar surface area (TPSA) is 49.3 Å². The molecule has 1 aromatic heterocycles. The summed E-state index contributed by atoms with van der Waals surface area (Å²) in [5, 5.41) is 14.9. The second-order valence-corrected chi connectivity index (χ2v) is 6.30. The number of hydrogen-bond donors (Lipinski definition) is 2. The first-order chi connectivity index (χ1) is 8.59. The number of carbonyl (C=O) groups is 1. The summed E-state index contributed by atoms with van der Waals surface area (Å²) in [5.74, 6) is 1.31. The average Bonchev–Trinajstić information content (AvgIpc) is 2.89. The number of aliphatic hydroxyl groups is 1. The van der Waals surface area contributed by atoms with E-state index < -0.39 is 5.60 Å². The van der Waals surface area contributed by atoms with E-state index in [9.17, 15) is 9.90 Å². The monoisotopic (exact) mass is 287 g/mol. The third kappa shape index (κ3) is 5.42. The van der Waals surface area contributed by atoms with E-state index in [0.717, 1.165) is 5.75 Å². The zero-order valence-corrected chi connectivity index (χ0v) is 12.6. The molecule has 1 amide bonds. The van der Waals surface area contributed by atoms with Crippen LogP contribution in [0.2, 0.25) is 0 Å². The van der Waals surface area contributed by atoms with Gasteiger partial charge in [0.1, 0.15) is 0 Å². The van der Waals surface area contributed by atoms with Gasteiger partial charge in [-0.25, -0.2) is 0 Å². The van der Waals surface area contributed by atoms with Crippen LogP contribution in [0.3, 0.4) is 0 Å². The summed E-state index contributed by atoms with van der Waals surface area (Å²) in [6.45, 7) is 4.21. The Morgan fingerprint density at radius 1 is 1.50 bits per heavy atom. The van der Waals surface area contributed by atoms with Gasteiger partial charge in [0.05, 0.1) is 11.4 Å². The average molecular weight is 287 g/mol. The smallest absolute Gasteiger partial charge is 0.230 e. The summed E-state index contributed by atoms with van der Waals surface area (Å²) < 4.78 is 0. The number of nitrogens with one attached hydrogen (secondary N) is 1. The highest BCUT2D eigenvalue weighted by Gasteiger charge is 2.22. The van der Waals surface area contributed by atoms with Crippen LogP contribution < -0.4 is 5.32 Å². The van der Waals surface area contributed by atoms with Crippen molar-refractivity contribution in [1.29, 1.82) is 0 Å². The first kappa shape index (κ1) is 15.5. The van der Waals surface area contributed by atoms with Crippen molar-refractivity contribution in [1.82, 2.24) is 5.32 Å². The molecule has 0 aliphatic heterocycles. The van der Waals surface area contributed by atoms with E-state index in [1.165, 1.54) is 4.88 Å². The molecule has 1 aromatic rings. The predicted octanol–water partition coefficient (Wildman–Crippen LogP) is 2.65. The molecular weight excluding hydrogens is 266 g/mol. The van der Waals surface area contributed by atoms with Crippen molar-refractivity contribution in [2.24, 2.45) is 0 Å². The standard InChI is InChI=1S/C13H21NO2S2/c1-3-13(16,4-2)10-14-12(15)9-17-8-11-6-5-7-18-11/h5-7,16H,3-4,8-10H2,1-2H3,(H,14,15). The number of amides is 1. The third-order valence-electron chi connectivity index (χ3n) is 2.99. The summed E-state index contributed by atoms with van der Waals surface area (Å²) >= 11 is 3.31. The molecule has 102 valence electrons. The van der Waals surface area contributed by atoms with Crippen LogP contribution in [0.5, 0.6) is 0 Å². The molecule has 0 atom stereocenters. The Morgan fingerprint density at radius 3 is 2.78 bits per heavy atom. The van der Waals surface area contributed by atoms with Gasteiger partial charge in [0, 0.05) is 17.2 Å². The molecule has 2 N–H and O–H groups in total. The Bertz CT molecular complexity index is 348. The van der Waals surface area contributed by atoms with E-state index in [4.69, 9.17) is 0 Å². The summed E-state index contributed by atoms with van der Waals surface area (Å²) in [5.41, 5.74) is -0.756. The molecule has 1 heterocycles. The third-order valence-corrected chi connectivity index (χ3v) is 5.03. The molecule has 0 radical (unpaired) electrons. The molecule has 1 rings (SSSR count). The number of carbonyl (C=O) groups excluding carboxylic acids is 1. The lowest BCUT2D eigenvalue weighted by Gasteiger charge is -2.25. The number of thiophene rings is 1. The molecule has 0 saturated carbocycles. The van der Waals surface area contributed by atoms with Crippen LogP contribution in [0.15, 0.2) is 17.5 Å². The van der Waals surface area contributed by atoms with Crippen LogP contribution in [0.25, 0.3) is 0 Å². The Morgan fingerprint density at radius 2 is 2.22 bits per heavy atom. The van der Waals surface area contributed by atoms with Gasteiger partial charge < -0.3 is 10.4 Å². The lowest BCUT2D eigenvalue weighted by molar-refractivity contribution is -0.119. The Balaban J connectivity index is 2.18. The summed E-state index contributed by atoms with van der Waals surface area (Å²) in [4.78, 5) is 12.9. The van der Waals surface area contributed by atoms with Gasteiger partial charge in [0.25, 0.3) is 0 Å². The van der Waals surface area contributed by atoms with Gasteiger partial charge in [0.15, 0.2) is 0 Å². The number of rotatable bonds is 8. The highest BCUT2D eigenvalue weighted by Crippen LogP contribution is 2.17. The molecule has 0 bridgehead atoms. The van der Waals surface area contributed by atoms with Gasteiger partial charge >= 0.3 is 0 Å². The van der Waals surface area contributed by atoms with Crippen molar-refractivity contribution in [3.8, 4) is 0 Å². The lowest BCUT2D eigenvalue weighted by Crippen LogP contribution is -2.42. The minimum absolute atomic E-state index is 0.00289. The summed E-state index contributed by atoms with van der Waals surface area (Å²) in [6.07, 6.45) is 1.32. The lowest BCUT2D eigenvalue weighted by atomic mass is 9.98. The minimum atomic E-state index is -0.756. The van der Waals surface area contributed by atoms with Crippen molar-refractivity contribution in [3.63, 3.8) is 0 Å². The SMILES string of the molecule is CCC(O)(CC)CNC(=O)CSCc1cccs1. The zero-order valence-electron chi connectivity index (χ0n) is 10.9. The zero-order chi connectivity index (χ0) is 13.4. The second-order valence-electron chi connectivity index (χ2n) is 4.28. The fraction of sp³-hybridized carbons (Fsp3) is 0.615. The molecule has 0 aromatic carbocycles. The van der Waals surface area contributed by atoms with Gasteiger partial charge in [-0.05, 0) is 24.3 Å². The minimum Gasteiger partial charge on any atom is -0.388 e. The van der Waals surface area contributed by atoms with Crippen molar-refractivity contribution in [3.05, 3.63) is 22.4 Å². The highest BCUT2D eigenvalue weighted by atomic mass is 32.2. The molecular formula is C13H21NO2S2. The highest BCUT2D eigenvalue weighted by molar-refractivity contribution is 7.99. The first-order valence-corrected chi connectivity index (χ1v) is 8.22. The number of thioether (sulfide) groups is 1. The van der Waals surface area contributed by atoms with E-state index in [1.807, 2.05) is 25.3 Å². The Hall–Kier alpha value is -0.520. The summed E-state index contributed by atoms with van der Waals surface area (Å²) in [7, 11) is 0. The quantitative estimate of drug-likeness (QED) is 0.773. The Labute approximate surface area is 117 Å². The molecule has 18 heavy (non-hydrogen) atoms. The van der Waals surface area contributed by atoms with Crippen LogP contribution in [-0.2, 0) is 10.5 Å². The fourth-order valence-corrected chi connectivity index (χ4v) is 3.15. The van der Waals surface area contributed by atoms with Crippen molar-refractivity contribution < 1.29 is 9.90 Å². The normalized spacial score (nSPS) is 11.5. The largest absolute Gasteiger partial charge is 0.388 e. The Kier molecular flexibility index (Phi) is 6.75. The second kappa shape index (κ2) is 7.81. The molecule has 0 aliphatic rings. The molecule has 0 unspecified atom stereocenters. The van der Waals surface area contributed by atoms with Crippen LogP contribution in [0, 0.1) is 0 Å². The molecule has 0 aliphatic carbocycles. The van der Waals surface area contributed by atoms with Crippen LogP contribution >= 0.6 is 23.1 Å². The molecule has 0 saturated heterocycles.